The van der Waals surface area contributed by atoms with Gasteiger partial charge in [0.1, 0.15) is 5.82 Å². The first-order valence-corrected chi connectivity index (χ1v) is 6.45. The minimum absolute atomic E-state index is 0.0688. The van der Waals surface area contributed by atoms with Crippen LogP contribution in [0.4, 0.5) is 0 Å². The lowest BCUT2D eigenvalue weighted by atomic mass is 10.1. The average Bonchev–Trinajstić information content (AvgIpc) is 2.86. The van der Waals surface area contributed by atoms with E-state index in [2.05, 4.69) is 29.1 Å². The topological polar surface area (TPSA) is 57.8 Å². The Labute approximate surface area is 113 Å². The number of amides is 1. The number of benzene rings is 1. The highest BCUT2D eigenvalue weighted by Gasteiger charge is 2.07. The van der Waals surface area contributed by atoms with Gasteiger partial charge in [0.2, 0.25) is 0 Å². The van der Waals surface area contributed by atoms with Crippen LogP contribution in [0.1, 0.15) is 47.2 Å². The number of aryl methyl sites for hydroxylation is 1. The zero-order valence-electron chi connectivity index (χ0n) is 11.5. The highest BCUT2D eigenvalue weighted by Crippen LogP contribution is 2.09. The first-order valence-electron chi connectivity index (χ1n) is 6.45. The molecule has 4 heteroatoms. The summed E-state index contributed by atoms with van der Waals surface area (Å²) in [5.41, 5.74) is 2.74. The van der Waals surface area contributed by atoms with Crippen molar-refractivity contribution in [1.29, 1.82) is 0 Å². The maximum atomic E-state index is 11.9. The Morgan fingerprint density at radius 2 is 2.00 bits per heavy atom. The van der Waals surface area contributed by atoms with E-state index in [1.165, 1.54) is 0 Å². The molecule has 1 amide bonds. The third-order valence-electron chi connectivity index (χ3n) is 2.95. The number of rotatable bonds is 4. The normalized spacial score (nSPS) is 10.7. The molecule has 0 fully saturated rings. The summed E-state index contributed by atoms with van der Waals surface area (Å²) in [5, 5.41) is 2.88. The molecule has 0 aliphatic heterocycles. The van der Waals surface area contributed by atoms with Gasteiger partial charge in [0.15, 0.2) is 0 Å². The fourth-order valence-corrected chi connectivity index (χ4v) is 1.74. The monoisotopic (exact) mass is 257 g/mol. The van der Waals surface area contributed by atoms with Crippen molar-refractivity contribution >= 4 is 5.91 Å². The molecule has 100 valence electrons. The van der Waals surface area contributed by atoms with Gasteiger partial charge in [-0.2, -0.15) is 0 Å². The van der Waals surface area contributed by atoms with E-state index in [1.54, 1.807) is 6.20 Å². The molecule has 2 rings (SSSR count). The lowest BCUT2D eigenvalue weighted by molar-refractivity contribution is 0.0950. The number of hydrogen-bond acceptors (Lipinski definition) is 2. The molecule has 0 spiro atoms. The molecule has 0 radical (unpaired) electrons. The van der Waals surface area contributed by atoms with E-state index in [1.807, 2.05) is 31.2 Å². The number of aromatic nitrogens is 2. The smallest absolute Gasteiger partial charge is 0.251 e. The third-order valence-corrected chi connectivity index (χ3v) is 2.95. The summed E-state index contributed by atoms with van der Waals surface area (Å²) < 4.78 is 0. The second-order valence-electron chi connectivity index (χ2n) is 5.00. The van der Waals surface area contributed by atoms with Crippen LogP contribution in [0.25, 0.3) is 0 Å². The molecule has 19 heavy (non-hydrogen) atoms. The molecule has 1 heterocycles. The van der Waals surface area contributed by atoms with E-state index >= 15 is 0 Å². The summed E-state index contributed by atoms with van der Waals surface area (Å²) in [4.78, 5) is 19.4. The van der Waals surface area contributed by atoms with Gasteiger partial charge in [-0.1, -0.05) is 31.5 Å². The first kappa shape index (κ1) is 13.3. The molecule has 0 saturated heterocycles. The summed E-state index contributed by atoms with van der Waals surface area (Å²) in [6, 6.07) is 7.53. The number of nitrogens with zero attached hydrogens (tertiary/aromatic N) is 1. The van der Waals surface area contributed by atoms with Crippen LogP contribution < -0.4 is 5.32 Å². The van der Waals surface area contributed by atoms with Gasteiger partial charge in [0, 0.05) is 11.5 Å². The second kappa shape index (κ2) is 5.69. The fourth-order valence-electron chi connectivity index (χ4n) is 1.74. The summed E-state index contributed by atoms with van der Waals surface area (Å²) in [6.07, 6.45) is 1.77. The molecule has 0 bridgehead atoms. The second-order valence-corrected chi connectivity index (χ2v) is 5.00. The van der Waals surface area contributed by atoms with Crippen molar-refractivity contribution in [3.05, 3.63) is 53.1 Å². The van der Waals surface area contributed by atoms with Gasteiger partial charge in [0.05, 0.1) is 18.4 Å². The number of imidazole rings is 1. The zero-order valence-corrected chi connectivity index (χ0v) is 11.5. The zero-order chi connectivity index (χ0) is 13.8. The van der Waals surface area contributed by atoms with Crippen LogP contribution in [0, 0.1) is 6.92 Å². The van der Waals surface area contributed by atoms with Crippen molar-refractivity contribution in [2.75, 3.05) is 0 Å². The van der Waals surface area contributed by atoms with Crippen LogP contribution in [0.2, 0.25) is 0 Å². The number of hydrogen-bond donors (Lipinski definition) is 2. The van der Waals surface area contributed by atoms with E-state index < -0.39 is 0 Å². The molecular formula is C15H19N3O. The number of H-pyrrole nitrogens is 1. The molecule has 0 aliphatic rings. The molecule has 0 atom stereocenters. The third kappa shape index (κ3) is 3.44. The van der Waals surface area contributed by atoms with Gasteiger partial charge in [-0.3, -0.25) is 4.79 Å². The maximum absolute atomic E-state index is 11.9. The predicted octanol–water partition coefficient (Wildman–Crippen LogP) is 2.77. The van der Waals surface area contributed by atoms with Crippen LogP contribution in [0.3, 0.4) is 0 Å². The lowest BCUT2D eigenvalue weighted by Crippen LogP contribution is -2.22. The minimum atomic E-state index is -0.0688. The predicted molar refractivity (Wildman–Crippen MR) is 75.0 cm³/mol. The number of carbonyl (C=O) groups is 1. The van der Waals surface area contributed by atoms with Gasteiger partial charge in [-0.25, -0.2) is 4.98 Å². The molecule has 2 aromatic rings. The van der Waals surface area contributed by atoms with E-state index in [0.717, 1.165) is 17.1 Å². The van der Waals surface area contributed by atoms with Crippen molar-refractivity contribution in [2.45, 2.75) is 33.2 Å². The van der Waals surface area contributed by atoms with Crippen LogP contribution in [-0.2, 0) is 6.54 Å². The highest BCUT2D eigenvalue weighted by atomic mass is 16.1. The van der Waals surface area contributed by atoms with E-state index in [9.17, 15) is 4.79 Å². The van der Waals surface area contributed by atoms with Gasteiger partial charge >= 0.3 is 0 Å². The Hall–Kier alpha value is -2.10. The Balaban J connectivity index is 1.94. The van der Waals surface area contributed by atoms with Gasteiger partial charge in [-0.15, -0.1) is 0 Å². The molecule has 0 unspecified atom stereocenters. The molecule has 0 saturated carbocycles. The van der Waals surface area contributed by atoms with Gasteiger partial charge in [-0.05, 0) is 19.1 Å². The highest BCUT2D eigenvalue weighted by molar-refractivity contribution is 5.94. The van der Waals surface area contributed by atoms with E-state index in [-0.39, 0.29) is 5.91 Å². The van der Waals surface area contributed by atoms with Gasteiger partial charge in [0.25, 0.3) is 5.91 Å². The molecule has 2 N–H and O–H groups in total. The minimum Gasteiger partial charge on any atom is -0.346 e. The Morgan fingerprint density at radius 3 is 2.58 bits per heavy atom. The summed E-state index contributed by atoms with van der Waals surface area (Å²) in [5.74, 6) is 1.24. The SMILES string of the molecule is Cc1ccc(C(=O)NCc2cnc(C(C)C)[nH]2)cc1. The molecule has 0 aliphatic carbocycles. The molecule has 4 nitrogen and oxygen atoms in total. The van der Waals surface area contributed by atoms with Crippen LogP contribution >= 0.6 is 0 Å². The van der Waals surface area contributed by atoms with Crippen molar-refractivity contribution in [2.24, 2.45) is 0 Å². The number of aromatic amines is 1. The standard InChI is InChI=1S/C15H19N3O/c1-10(2)14-16-8-13(18-14)9-17-15(19)12-6-4-11(3)5-7-12/h4-8,10H,9H2,1-3H3,(H,16,18)(H,17,19). The Bertz CT molecular complexity index is 555. The first-order chi connectivity index (χ1) is 9.06. The van der Waals surface area contributed by atoms with E-state index in [4.69, 9.17) is 0 Å². The average molecular weight is 257 g/mol. The summed E-state index contributed by atoms with van der Waals surface area (Å²) in [7, 11) is 0. The van der Waals surface area contributed by atoms with Crippen LogP contribution in [0.5, 0.6) is 0 Å². The fraction of sp³-hybridized carbons (Fsp3) is 0.333. The van der Waals surface area contributed by atoms with E-state index in [0.29, 0.717) is 18.0 Å². The summed E-state index contributed by atoms with van der Waals surface area (Å²) >= 11 is 0. The molecular weight excluding hydrogens is 238 g/mol. The molecule has 1 aromatic heterocycles. The van der Waals surface area contributed by atoms with Crippen LogP contribution in [0.15, 0.2) is 30.5 Å². The Kier molecular flexibility index (Phi) is 4.00. The number of carbonyl (C=O) groups excluding carboxylic acids is 1. The van der Waals surface area contributed by atoms with Crippen molar-refractivity contribution in [3.8, 4) is 0 Å². The largest absolute Gasteiger partial charge is 0.346 e. The van der Waals surface area contributed by atoms with Crippen molar-refractivity contribution in [1.82, 2.24) is 15.3 Å². The van der Waals surface area contributed by atoms with Crippen LogP contribution in [-0.4, -0.2) is 15.9 Å². The maximum Gasteiger partial charge on any atom is 0.251 e. The summed E-state index contributed by atoms with van der Waals surface area (Å²) in [6.45, 7) is 6.62. The lowest BCUT2D eigenvalue weighted by Gasteiger charge is -2.04. The Morgan fingerprint density at radius 1 is 1.32 bits per heavy atom. The van der Waals surface area contributed by atoms with Crippen molar-refractivity contribution < 1.29 is 4.79 Å². The quantitative estimate of drug-likeness (QED) is 0.884. The van der Waals surface area contributed by atoms with Crippen molar-refractivity contribution in [3.63, 3.8) is 0 Å². The van der Waals surface area contributed by atoms with Gasteiger partial charge < -0.3 is 10.3 Å². The number of nitrogens with one attached hydrogen (secondary N) is 2. The molecule has 1 aromatic carbocycles.